The van der Waals surface area contributed by atoms with Crippen molar-refractivity contribution in [1.82, 2.24) is 9.97 Å². The largest absolute Gasteiger partial charge is 0.399 e. The van der Waals surface area contributed by atoms with Gasteiger partial charge in [0, 0.05) is 11.4 Å². The van der Waals surface area contributed by atoms with Crippen molar-refractivity contribution in [1.29, 1.82) is 0 Å². The molecule has 0 spiro atoms. The molecule has 0 aliphatic heterocycles. The van der Waals surface area contributed by atoms with Gasteiger partial charge in [-0.2, -0.15) is 4.98 Å². The van der Waals surface area contributed by atoms with E-state index in [1.807, 2.05) is 78.9 Å². The smallest absolute Gasteiger partial charge is 0.222 e. The first-order valence-corrected chi connectivity index (χ1v) is 8.08. The maximum absolute atomic E-state index is 5.94. The van der Waals surface area contributed by atoms with Gasteiger partial charge >= 0.3 is 0 Å². The number of aromatic nitrogens is 2. The highest BCUT2D eigenvalue weighted by Crippen LogP contribution is 2.29. The monoisotopic (exact) mass is 344 g/mol. The second-order valence-corrected chi connectivity index (χ2v) is 5.57. The van der Waals surface area contributed by atoms with Gasteiger partial charge in [0.05, 0.1) is 16.6 Å². The molecular formula is C20H20N6. The standard InChI is InChI=1S/C14H13N5.C6H7N/c15-13-12-10(17-9-5-2-1-3-6-9)7-4-8-11(12)18-14(16)19-13;7-6-4-2-1-3-5-6/h1-8,17H,(H4,15,16,18,19);1-5H,7H2. The van der Waals surface area contributed by atoms with Gasteiger partial charge in [-0.25, -0.2) is 4.98 Å². The van der Waals surface area contributed by atoms with Gasteiger partial charge in [0.25, 0.3) is 0 Å². The normalized spacial score (nSPS) is 10.0. The average molecular weight is 344 g/mol. The zero-order valence-corrected chi connectivity index (χ0v) is 14.1. The number of rotatable bonds is 2. The number of hydrogen-bond donors (Lipinski definition) is 4. The van der Waals surface area contributed by atoms with Crippen molar-refractivity contribution >= 4 is 39.7 Å². The highest BCUT2D eigenvalue weighted by molar-refractivity contribution is 6.00. The molecule has 0 atom stereocenters. The molecule has 4 rings (SSSR count). The molecule has 0 radical (unpaired) electrons. The Balaban J connectivity index is 0.000000236. The minimum Gasteiger partial charge on any atom is -0.399 e. The number of benzene rings is 3. The minimum atomic E-state index is 0.182. The van der Waals surface area contributed by atoms with Gasteiger partial charge in [-0.1, -0.05) is 42.5 Å². The van der Waals surface area contributed by atoms with E-state index in [0.717, 1.165) is 28.0 Å². The number of hydrogen-bond acceptors (Lipinski definition) is 6. The number of anilines is 5. The van der Waals surface area contributed by atoms with E-state index < -0.39 is 0 Å². The van der Waals surface area contributed by atoms with Crippen LogP contribution in [0.25, 0.3) is 10.9 Å². The molecule has 0 bridgehead atoms. The van der Waals surface area contributed by atoms with Crippen LogP contribution in [0.4, 0.5) is 28.8 Å². The molecular weight excluding hydrogens is 324 g/mol. The minimum absolute atomic E-state index is 0.182. The van der Waals surface area contributed by atoms with Crippen LogP contribution in [0.1, 0.15) is 0 Å². The molecule has 0 saturated carbocycles. The van der Waals surface area contributed by atoms with E-state index in [4.69, 9.17) is 17.2 Å². The van der Waals surface area contributed by atoms with Crippen LogP contribution in [-0.4, -0.2) is 9.97 Å². The van der Waals surface area contributed by atoms with E-state index in [1.54, 1.807) is 0 Å². The summed E-state index contributed by atoms with van der Waals surface area (Å²) >= 11 is 0. The van der Waals surface area contributed by atoms with Gasteiger partial charge in [-0.3, -0.25) is 0 Å². The Kier molecular flexibility index (Phi) is 5.14. The second kappa shape index (κ2) is 7.85. The molecule has 130 valence electrons. The number of fused-ring (bicyclic) bond motifs is 1. The number of nitrogens with two attached hydrogens (primary N) is 3. The molecule has 6 nitrogen and oxygen atoms in total. The van der Waals surface area contributed by atoms with Crippen LogP contribution in [0.3, 0.4) is 0 Å². The first-order chi connectivity index (χ1) is 12.6. The van der Waals surface area contributed by atoms with E-state index in [0.29, 0.717) is 5.82 Å². The summed E-state index contributed by atoms with van der Waals surface area (Å²) in [6, 6.07) is 25.0. The third-order valence-corrected chi connectivity index (χ3v) is 3.62. The summed E-state index contributed by atoms with van der Waals surface area (Å²) in [7, 11) is 0. The summed E-state index contributed by atoms with van der Waals surface area (Å²) in [5.41, 5.74) is 20.3. The molecule has 0 amide bonds. The zero-order valence-electron chi connectivity index (χ0n) is 14.1. The fourth-order valence-corrected chi connectivity index (χ4v) is 2.46. The Labute approximate surface area is 151 Å². The van der Waals surface area contributed by atoms with Crippen molar-refractivity contribution < 1.29 is 0 Å². The Morgan fingerprint density at radius 3 is 1.92 bits per heavy atom. The summed E-state index contributed by atoms with van der Waals surface area (Å²) in [4.78, 5) is 8.19. The Morgan fingerprint density at radius 1 is 0.654 bits per heavy atom. The Bertz CT molecular complexity index is 987. The molecule has 3 aromatic carbocycles. The van der Waals surface area contributed by atoms with Crippen LogP contribution in [0.5, 0.6) is 0 Å². The summed E-state index contributed by atoms with van der Waals surface area (Å²) in [6.45, 7) is 0. The van der Waals surface area contributed by atoms with Gasteiger partial charge < -0.3 is 22.5 Å². The molecule has 0 saturated heterocycles. The number of nitrogens with one attached hydrogen (secondary N) is 1. The van der Waals surface area contributed by atoms with Crippen molar-refractivity contribution in [3.05, 3.63) is 78.9 Å². The molecule has 1 aromatic heterocycles. The number of nitrogens with zero attached hydrogens (tertiary/aromatic N) is 2. The van der Waals surface area contributed by atoms with Crippen LogP contribution < -0.4 is 22.5 Å². The summed E-state index contributed by atoms with van der Waals surface area (Å²) < 4.78 is 0. The lowest BCUT2D eigenvalue weighted by molar-refractivity contribution is 1.25. The third kappa shape index (κ3) is 4.18. The van der Waals surface area contributed by atoms with Crippen molar-refractivity contribution in [3.63, 3.8) is 0 Å². The highest BCUT2D eigenvalue weighted by Gasteiger charge is 2.08. The SMILES string of the molecule is Nc1ccccc1.Nc1nc(N)c2c(Nc3ccccc3)cccc2n1. The van der Waals surface area contributed by atoms with Gasteiger partial charge in [0.2, 0.25) is 5.95 Å². The average Bonchev–Trinajstić information content (AvgIpc) is 2.63. The molecule has 0 fully saturated rings. The fourth-order valence-electron chi connectivity index (χ4n) is 2.46. The molecule has 7 N–H and O–H groups in total. The predicted molar refractivity (Wildman–Crippen MR) is 109 cm³/mol. The molecule has 1 heterocycles. The Hall–Kier alpha value is -3.80. The number of para-hydroxylation sites is 2. The van der Waals surface area contributed by atoms with Crippen LogP contribution in [0, 0.1) is 0 Å². The molecule has 0 aliphatic rings. The molecule has 4 aromatic rings. The van der Waals surface area contributed by atoms with E-state index in [-0.39, 0.29) is 5.95 Å². The van der Waals surface area contributed by atoms with E-state index >= 15 is 0 Å². The van der Waals surface area contributed by atoms with E-state index in [1.165, 1.54) is 0 Å². The van der Waals surface area contributed by atoms with E-state index in [2.05, 4.69) is 15.3 Å². The molecule has 26 heavy (non-hydrogen) atoms. The maximum Gasteiger partial charge on any atom is 0.222 e. The van der Waals surface area contributed by atoms with E-state index in [9.17, 15) is 0 Å². The lowest BCUT2D eigenvalue weighted by Crippen LogP contribution is -2.02. The topological polar surface area (TPSA) is 116 Å². The van der Waals surface area contributed by atoms with Crippen LogP contribution in [-0.2, 0) is 0 Å². The molecule has 0 unspecified atom stereocenters. The summed E-state index contributed by atoms with van der Waals surface area (Å²) in [5.74, 6) is 0.559. The number of nitrogen functional groups attached to an aromatic ring is 3. The molecule has 6 heteroatoms. The van der Waals surface area contributed by atoms with Gasteiger partial charge in [0.15, 0.2) is 0 Å². The van der Waals surface area contributed by atoms with Crippen molar-refractivity contribution in [2.75, 3.05) is 22.5 Å². The van der Waals surface area contributed by atoms with Crippen LogP contribution in [0.15, 0.2) is 78.9 Å². The quantitative estimate of drug-likeness (QED) is 0.411. The molecule has 0 aliphatic carbocycles. The predicted octanol–water partition coefficient (Wildman–Crippen LogP) is 3.81. The van der Waals surface area contributed by atoms with Gasteiger partial charge in [-0.05, 0) is 36.4 Å². The van der Waals surface area contributed by atoms with Crippen molar-refractivity contribution in [2.45, 2.75) is 0 Å². The van der Waals surface area contributed by atoms with Gasteiger partial charge in [0.1, 0.15) is 5.82 Å². The second-order valence-electron chi connectivity index (χ2n) is 5.57. The van der Waals surface area contributed by atoms with Gasteiger partial charge in [-0.15, -0.1) is 0 Å². The van der Waals surface area contributed by atoms with Crippen molar-refractivity contribution in [3.8, 4) is 0 Å². The maximum atomic E-state index is 5.94. The lowest BCUT2D eigenvalue weighted by atomic mass is 10.2. The zero-order chi connectivity index (χ0) is 18.4. The van der Waals surface area contributed by atoms with Crippen LogP contribution >= 0.6 is 0 Å². The van der Waals surface area contributed by atoms with Crippen LogP contribution in [0.2, 0.25) is 0 Å². The third-order valence-electron chi connectivity index (χ3n) is 3.62. The summed E-state index contributed by atoms with van der Waals surface area (Å²) in [6.07, 6.45) is 0. The highest BCUT2D eigenvalue weighted by atomic mass is 15.0. The first-order valence-electron chi connectivity index (χ1n) is 8.08. The Morgan fingerprint density at radius 2 is 1.31 bits per heavy atom. The summed E-state index contributed by atoms with van der Waals surface area (Å²) in [5, 5.41) is 4.08. The lowest BCUT2D eigenvalue weighted by Gasteiger charge is -2.11. The fraction of sp³-hybridized carbons (Fsp3) is 0. The first kappa shape index (κ1) is 17.0. The van der Waals surface area contributed by atoms with Crippen molar-refractivity contribution in [2.24, 2.45) is 0 Å².